The number of benzene rings is 1. The lowest BCUT2D eigenvalue weighted by Gasteiger charge is -2.06. The summed E-state index contributed by atoms with van der Waals surface area (Å²) < 4.78 is 37.0. The van der Waals surface area contributed by atoms with Gasteiger partial charge in [-0.3, -0.25) is 9.35 Å². The molecule has 126 valence electrons. The van der Waals surface area contributed by atoms with E-state index in [1.54, 1.807) is 31.5 Å². The summed E-state index contributed by atoms with van der Waals surface area (Å²) in [5, 5.41) is 3.51. The van der Waals surface area contributed by atoms with Gasteiger partial charge in [0.25, 0.3) is 0 Å². The number of methoxy groups -OCH3 is 1. The van der Waals surface area contributed by atoms with Crippen molar-refractivity contribution < 1.29 is 27.3 Å². The summed E-state index contributed by atoms with van der Waals surface area (Å²) in [5.74, 6) is -0.340. The molecule has 1 heterocycles. The molecule has 1 aromatic carbocycles. The van der Waals surface area contributed by atoms with Gasteiger partial charge in [0.1, 0.15) is 5.75 Å². The van der Waals surface area contributed by atoms with Crippen LogP contribution in [0.4, 0.5) is 0 Å². The standard InChI is InChI=1S/C14H18N2O6S/c1-10(17)15-6-5-11-8-16(22-9-23(18,19)20)14-4-3-12(21-2)7-13(11)14/h3-4,7-8H,5-6,9H2,1-2H3,(H,15,17)(H,18,19,20). The first-order valence-electron chi connectivity index (χ1n) is 6.81. The van der Waals surface area contributed by atoms with E-state index < -0.39 is 16.1 Å². The fraction of sp³-hybridized carbons (Fsp3) is 0.357. The van der Waals surface area contributed by atoms with Gasteiger partial charge in [0, 0.05) is 25.1 Å². The van der Waals surface area contributed by atoms with E-state index in [0.717, 1.165) is 10.9 Å². The third kappa shape index (κ3) is 4.60. The monoisotopic (exact) mass is 342 g/mol. The van der Waals surface area contributed by atoms with Gasteiger partial charge >= 0.3 is 10.1 Å². The van der Waals surface area contributed by atoms with E-state index in [1.807, 2.05) is 0 Å². The molecule has 2 aromatic rings. The number of aromatic nitrogens is 1. The zero-order chi connectivity index (χ0) is 17.0. The number of rotatable bonds is 7. The van der Waals surface area contributed by atoms with E-state index in [1.165, 1.54) is 11.7 Å². The summed E-state index contributed by atoms with van der Waals surface area (Å²) in [6.07, 6.45) is 2.16. The first-order valence-corrected chi connectivity index (χ1v) is 8.42. The third-order valence-electron chi connectivity index (χ3n) is 3.17. The van der Waals surface area contributed by atoms with Gasteiger partial charge in [0.05, 0.1) is 12.6 Å². The molecule has 1 amide bonds. The van der Waals surface area contributed by atoms with Crippen LogP contribution in [0.1, 0.15) is 12.5 Å². The molecule has 0 bridgehead atoms. The Morgan fingerprint density at radius 1 is 1.39 bits per heavy atom. The lowest BCUT2D eigenvalue weighted by molar-refractivity contribution is -0.118. The number of nitrogens with zero attached hydrogens (tertiary/aromatic N) is 1. The Hall–Kier alpha value is -2.26. The van der Waals surface area contributed by atoms with Crippen molar-refractivity contribution in [2.45, 2.75) is 13.3 Å². The van der Waals surface area contributed by atoms with E-state index >= 15 is 0 Å². The zero-order valence-corrected chi connectivity index (χ0v) is 13.6. The van der Waals surface area contributed by atoms with Crippen LogP contribution in [0.5, 0.6) is 5.75 Å². The van der Waals surface area contributed by atoms with Crippen LogP contribution < -0.4 is 14.9 Å². The Morgan fingerprint density at radius 3 is 2.74 bits per heavy atom. The zero-order valence-electron chi connectivity index (χ0n) is 12.8. The molecule has 0 unspecified atom stereocenters. The minimum absolute atomic E-state index is 0.131. The first-order chi connectivity index (χ1) is 10.8. The molecule has 0 radical (unpaired) electrons. The van der Waals surface area contributed by atoms with Crippen molar-refractivity contribution in [2.75, 3.05) is 19.6 Å². The summed E-state index contributed by atoms with van der Waals surface area (Å²) in [6.45, 7) is 1.87. The Labute approximate surface area is 133 Å². The van der Waals surface area contributed by atoms with Crippen LogP contribution in [0.3, 0.4) is 0 Å². The predicted octanol–water partition coefficient (Wildman–Crippen LogP) is 0.602. The molecule has 1 aromatic heterocycles. The highest BCUT2D eigenvalue weighted by atomic mass is 32.2. The highest BCUT2D eigenvalue weighted by Crippen LogP contribution is 2.25. The first kappa shape index (κ1) is 17.1. The quantitative estimate of drug-likeness (QED) is 0.714. The molecule has 0 saturated heterocycles. The Morgan fingerprint density at radius 2 is 2.13 bits per heavy atom. The van der Waals surface area contributed by atoms with Gasteiger partial charge in [0.15, 0.2) is 0 Å². The molecular weight excluding hydrogens is 324 g/mol. The van der Waals surface area contributed by atoms with Gasteiger partial charge in [-0.25, -0.2) is 0 Å². The van der Waals surface area contributed by atoms with Crippen LogP contribution >= 0.6 is 0 Å². The number of carbonyl (C=O) groups excluding carboxylic acids is 1. The number of ether oxygens (including phenoxy) is 1. The van der Waals surface area contributed by atoms with Crippen LogP contribution in [0, 0.1) is 0 Å². The van der Waals surface area contributed by atoms with E-state index in [4.69, 9.17) is 14.1 Å². The maximum atomic E-state index is 11.0. The maximum Gasteiger partial charge on any atom is 0.303 e. The molecule has 0 spiro atoms. The van der Waals surface area contributed by atoms with Gasteiger partial charge in [0.2, 0.25) is 11.8 Å². The minimum Gasteiger partial charge on any atom is -0.497 e. The number of amides is 1. The molecule has 23 heavy (non-hydrogen) atoms. The van der Waals surface area contributed by atoms with Gasteiger partial charge in [-0.1, -0.05) is 0 Å². The lowest BCUT2D eigenvalue weighted by atomic mass is 10.1. The van der Waals surface area contributed by atoms with Gasteiger partial charge < -0.3 is 14.9 Å². The largest absolute Gasteiger partial charge is 0.497 e. The second kappa shape index (κ2) is 6.88. The highest BCUT2D eigenvalue weighted by molar-refractivity contribution is 7.85. The summed E-state index contributed by atoms with van der Waals surface area (Å²) in [7, 11) is -2.70. The molecule has 0 aliphatic rings. The molecular formula is C14H18N2O6S. The van der Waals surface area contributed by atoms with Crippen LogP contribution in [-0.4, -0.2) is 43.2 Å². The number of hydrogen-bond donors (Lipinski definition) is 2. The fourth-order valence-corrected chi connectivity index (χ4v) is 2.42. The summed E-state index contributed by atoms with van der Waals surface area (Å²) in [4.78, 5) is 16.1. The Kier molecular flexibility index (Phi) is 5.12. The molecule has 2 N–H and O–H groups in total. The summed E-state index contributed by atoms with van der Waals surface area (Å²) in [5.41, 5.74) is 1.48. The van der Waals surface area contributed by atoms with Crippen LogP contribution in [0.15, 0.2) is 24.4 Å². The SMILES string of the molecule is COc1ccc2c(c1)c(CCNC(C)=O)cn2OCS(=O)(=O)O. The normalized spacial score (nSPS) is 11.4. The second-order valence-corrected chi connectivity index (χ2v) is 6.32. The number of fused-ring (bicyclic) bond motifs is 1. The van der Waals surface area contributed by atoms with Crippen molar-refractivity contribution in [3.63, 3.8) is 0 Å². The van der Waals surface area contributed by atoms with Crippen molar-refractivity contribution in [3.8, 4) is 5.75 Å². The minimum atomic E-state index is -4.25. The van der Waals surface area contributed by atoms with Gasteiger partial charge in [-0.05, 0) is 30.2 Å². The van der Waals surface area contributed by atoms with Crippen molar-refractivity contribution >= 4 is 26.9 Å². The second-order valence-electron chi connectivity index (χ2n) is 4.93. The summed E-state index contributed by atoms with van der Waals surface area (Å²) in [6, 6.07) is 5.24. The molecule has 0 fully saturated rings. The van der Waals surface area contributed by atoms with Crippen molar-refractivity contribution in [2.24, 2.45) is 0 Å². The van der Waals surface area contributed by atoms with Crippen molar-refractivity contribution in [1.82, 2.24) is 10.0 Å². The van der Waals surface area contributed by atoms with Gasteiger partial charge in [-0.15, -0.1) is 0 Å². The molecule has 8 nitrogen and oxygen atoms in total. The molecule has 2 rings (SSSR count). The molecule has 0 aliphatic heterocycles. The molecule has 0 atom stereocenters. The summed E-state index contributed by atoms with van der Waals surface area (Å²) >= 11 is 0. The van der Waals surface area contributed by atoms with Gasteiger partial charge in [-0.2, -0.15) is 13.1 Å². The number of nitrogens with one attached hydrogen (secondary N) is 1. The van der Waals surface area contributed by atoms with Crippen LogP contribution in [0.2, 0.25) is 0 Å². The Bertz CT molecular complexity index is 812. The van der Waals surface area contributed by atoms with Crippen molar-refractivity contribution in [3.05, 3.63) is 30.0 Å². The van der Waals surface area contributed by atoms with Crippen LogP contribution in [-0.2, 0) is 21.3 Å². The van der Waals surface area contributed by atoms with E-state index in [-0.39, 0.29) is 5.91 Å². The average Bonchev–Trinajstić information content (AvgIpc) is 2.81. The number of hydrogen-bond acceptors (Lipinski definition) is 5. The fourth-order valence-electron chi connectivity index (χ4n) is 2.17. The van der Waals surface area contributed by atoms with Crippen molar-refractivity contribution in [1.29, 1.82) is 0 Å². The average molecular weight is 342 g/mol. The lowest BCUT2D eigenvalue weighted by Crippen LogP contribution is -2.22. The van der Waals surface area contributed by atoms with Crippen LogP contribution in [0.25, 0.3) is 10.9 Å². The smallest absolute Gasteiger partial charge is 0.303 e. The number of carbonyl (C=O) groups is 1. The van der Waals surface area contributed by atoms with E-state index in [0.29, 0.717) is 24.2 Å². The topological polar surface area (TPSA) is 107 Å². The third-order valence-corrected chi connectivity index (χ3v) is 3.57. The Balaban J connectivity index is 2.33. The molecule has 0 aliphatic carbocycles. The van der Waals surface area contributed by atoms with E-state index in [9.17, 15) is 13.2 Å². The van der Waals surface area contributed by atoms with E-state index in [2.05, 4.69) is 5.32 Å². The molecule has 0 saturated carbocycles. The maximum absolute atomic E-state index is 11.0. The molecule has 9 heteroatoms. The predicted molar refractivity (Wildman–Crippen MR) is 83.9 cm³/mol. The highest BCUT2D eigenvalue weighted by Gasteiger charge is 2.13.